The molecule has 0 unspecified atom stereocenters. The largest absolute Gasteiger partial charge is 0.308 e. The Labute approximate surface area is 434 Å². The number of ketones is 2. The van der Waals surface area contributed by atoms with Crippen LogP contribution in [-0.4, -0.2) is 20.4 Å². The second-order valence-corrected chi connectivity index (χ2v) is 26.6. The number of fused-ring (bicyclic) bond motifs is 16. The van der Waals surface area contributed by atoms with Crippen molar-refractivity contribution in [3.05, 3.63) is 166 Å². The van der Waals surface area contributed by atoms with Crippen LogP contribution in [-0.2, 0) is 21.7 Å². The topological polar surface area (TPSA) is 43.0 Å². The number of hydrogen-bond acceptors (Lipinski definition) is 2. The summed E-state index contributed by atoms with van der Waals surface area (Å²) < 4.78 is 5.08. The van der Waals surface area contributed by atoms with Crippen molar-refractivity contribution in [2.75, 3.05) is 0 Å². The SMILES string of the molecule is CC(C)C12CCC(C)(CC1)c1cc3c4cc(C(C)(C)c5ccccc5)cc5c6cc7c(cc6n(c3cc1C2=O)c45)c1cc(C(C)(C)c2ccccc2)cc2c3cc4c(cc3n7c21)C(=O)C1(C(C)C)CCC4(C)CC1. The van der Waals surface area contributed by atoms with Crippen LogP contribution in [0.3, 0.4) is 0 Å². The van der Waals surface area contributed by atoms with E-state index >= 15 is 9.59 Å². The van der Waals surface area contributed by atoms with Gasteiger partial charge in [-0.2, -0.15) is 0 Å². The van der Waals surface area contributed by atoms with Gasteiger partial charge in [0, 0.05) is 75.9 Å². The second-order valence-electron chi connectivity index (χ2n) is 26.6. The lowest BCUT2D eigenvalue weighted by molar-refractivity contribution is 0.0537. The molecule has 7 aromatic carbocycles. The van der Waals surface area contributed by atoms with Gasteiger partial charge in [0.25, 0.3) is 0 Å². The zero-order chi connectivity index (χ0) is 51.0. The normalized spacial score (nSPS) is 24.4. The highest BCUT2D eigenvalue weighted by molar-refractivity contribution is 6.30. The second kappa shape index (κ2) is 14.2. The van der Waals surface area contributed by atoms with E-state index in [9.17, 15) is 0 Å². The Morgan fingerprint density at radius 3 is 1.03 bits per heavy atom. The minimum Gasteiger partial charge on any atom is -0.308 e. The van der Waals surface area contributed by atoms with Crippen LogP contribution in [0.25, 0.3) is 76.2 Å². The van der Waals surface area contributed by atoms with E-state index < -0.39 is 0 Å². The van der Waals surface area contributed by atoms with Crippen molar-refractivity contribution in [2.45, 2.75) is 142 Å². The highest BCUT2D eigenvalue weighted by Gasteiger charge is 2.54. The number of carbonyl (C=O) groups excluding carboxylic acids is 2. The Morgan fingerprint density at radius 2 is 0.703 bits per heavy atom. The van der Waals surface area contributed by atoms with E-state index in [4.69, 9.17) is 0 Å². The van der Waals surface area contributed by atoms with Crippen molar-refractivity contribution < 1.29 is 9.59 Å². The third kappa shape index (κ3) is 5.35. The van der Waals surface area contributed by atoms with E-state index in [0.29, 0.717) is 11.6 Å². The van der Waals surface area contributed by atoms with Crippen molar-refractivity contribution in [1.82, 2.24) is 8.80 Å². The van der Waals surface area contributed by atoms with Gasteiger partial charge in [-0.15, -0.1) is 0 Å². The summed E-state index contributed by atoms with van der Waals surface area (Å²) in [6, 6.07) is 46.5. The van der Waals surface area contributed by atoms with Gasteiger partial charge in [-0.05, 0) is 168 Å². The fourth-order valence-electron chi connectivity index (χ4n) is 16.5. The molecule has 4 heterocycles. The van der Waals surface area contributed by atoms with Gasteiger partial charge in [0.05, 0.1) is 33.1 Å². The van der Waals surface area contributed by atoms with E-state index in [-0.39, 0.29) is 44.3 Å². The van der Waals surface area contributed by atoms with E-state index in [0.717, 1.165) is 73.5 Å². The number of hydrogen-bond donors (Lipinski definition) is 0. The predicted molar refractivity (Wildman–Crippen MR) is 308 cm³/mol. The molecule has 2 fully saturated rings. The molecule has 0 aliphatic heterocycles. The highest BCUT2D eigenvalue weighted by atomic mass is 16.1. The molecule has 0 atom stereocenters. The molecule has 6 aliphatic carbocycles. The number of carbonyl (C=O) groups is 2. The molecule has 370 valence electrons. The molecule has 0 saturated heterocycles. The van der Waals surface area contributed by atoms with Gasteiger partial charge in [-0.1, -0.05) is 130 Å². The number of nitrogens with zero attached hydrogens (tertiary/aromatic N) is 2. The van der Waals surface area contributed by atoms with Gasteiger partial charge in [-0.3, -0.25) is 9.59 Å². The lowest BCUT2D eigenvalue weighted by atomic mass is 9.60. The summed E-state index contributed by atoms with van der Waals surface area (Å²) in [6.45, 7) is 23.5. The van der Waals surface area contributed by atoms with Crippen LogP contribution in [0.15, 0.2) is 121 Å². The molecular weight excluding hydrogens is 901 g/mol. The third-order valence-electron chi connectivity index (χ3n) is 22.0. The summed E-state index contributed by atoms with van der Waals surface area (Å²) in [5.74, 6) is 1.25. The lowest BCUT2D eigenvalue weighted by Crippen LogP contribution is -2.39. The van der Waals surface area contributed by atoms with Crippen LogP contribution in [0.1, 0.15) is 175 Å². The molecule has 17 rings (SSSR count). The molecule has 0 amide bonds. The molecule has 4 heteroatoms. The van der Waals surface area contributed by atoms with Gasteiger partial charge in [0.2, 0.25) is 0 Å². The Bertz CT molecular complexity index is 3980. The summed E-state index contributed by atoms with van der Waals surface area (Å²) in [5, 5.41) is 9.91. The van der Waals surface area contributed by atoms with Gasteiger partial charge < -0.3 is 8.80 Å². The summed E-state index contributed by atoms with van der Waals surface area (Å²) in [6.07, 6.45) is 7.97. The smallest absolute Gasteiger partial charge is 0.169 e. The van der Waals surface area contributed by atoms with Gasteiger partial charge in [0.1, 0.15) is 0 Å². The number of benzene rings is 7. The van der Waals surface area contributed by atoms with Crippen molar-refractivity contribution in [1.29, 1.82) is 0 Å². The molecule has 11 aromatic rings. The van der Waals surface area contributed by atoms with Crippen LogP contribution in [0, 0.1) is 22.7 Å². The molecule has 0 radical (unpaired) electrons. The van der Waals surface area contributed by atoms with Crippen LogP contribution in [0.2, 0.25) is 0 Å². The molecule has 0 N–H and O–H groups in total. The van der Waals surface area contributed by atoms with Gasteiger partial charge in [0.15, 0.2) is 11.6 Å². The number of aromatic nitrogens is 2. The van der Waals surface area contributed by atoms with E-state index in [1.165, 1.54) is 98.5 Å². The summed E-state index contributed by atoms with van der Waals surface area (Å²) in [4.78, 5) is 30.7. The standard InChI is InChI=1S/C70H68N2O2/c1-39(2)69-25-21-67(9,22-26-69)55-33-45-49-29-43(65(5,6)41-17-13-11-14-18-41)31-51-47-36-58-48(35-57(47)71(61(49)51)59(45)37-53(55)63(69)73)52-32-44(66(7,8)42-19-15-12-16-20-42)30-50-46-34-56-54(38-60(46)72(58)62(50)52)64(74)70(40(3)4)27-23-68(56,10)24-28-70/h11-20,29-40H,21-28H2,1-10H3. The van der Waals surface area contributed by atoms with Crippen LogP contribution < -0.4 is 0 Å². The summed E-state index contributed by atoms with van der Waals surface area (Å²) in [7, 11) is 0. The molecule has 4 aromatic heterocycles. The predicted octanol–water partition coefficient (Wildman–Crippen LogP) is 18.0. The maximum Gasteiger partial charge on any atom is 0.169 e. The zero-order valence-corrected chi connectivity index (χ0v) is 45.1. The first-order valence-corrected chi connectivity index (χ1v) is 28.1. The van der Waals surface area contributed by atoms with Crippen molar-refractivity contribution in [3.63, 3.8) is 0 Å². The van der Waals surface area contributed by atoms with Crippen molar-refractivity contribution in [2.24, 2.45) is 22.7 Å². The average Bonchev–Trinajstić information content (AvgIpc) is 4.06. The van der Waals surface area contributed by atoms with Crippen LogP contribution in [0.4, 0.5) is 0 Å². The molecule has 4 nitrogen and oxygen atoms in total. The number of rotatable bonds is 6. The Hall–Kier alpha value is -6.52. The quantitative estimate of drug-likeness (QED) is 0.167. The van der Waals surface area contributed by atoms with Crippen LogP contribution >= 0.6 is 0 Å². The summed E-state index contributed by atoms with van der Waals surface area (Å²) in [5.41, 5.74) is 15.2. The molecule has 2 saturated carbocycles. The molecular formula is C70H68N2O2. The number of Topliss-reactive ketones (excluding diaryl/α,β-unsaturated/α-hetero) is 2. The Balaban J connectivity index is 1.10. The molecule has 74 heavy (non-hydrogen) atoms. The Morgan fingerprint density at radius 1 is 0.392 bits per heavy atom. The lowest BCUT2D eigenvalue weighted by Gasteiger charge is -2.42. The molecule has 6 aliphatic rings. The third-order valence-corrected chi connectivity index (χ3v) is 22.0. The maximum atomic E-state index is 15.3. The minimum atomic E-state index is -0.331. The fourth-order valence-corrected chi connectivity index (χ4v) is 16.5. The Kier molecular flexibility index (Phi) is 8.64. The van der Waals surface area contributed by atoms with E-state index in [1.807, 2.05) is 0 Å². The van der Waals surface area contributed by atoms with E-state index in [1.54, 1.807) is 0 Å². The van der Waals surface area contributed by atoms with Crippen LogP contribution in [0.5, 0.6) is 0 Å². The van der Waals surface area contributed by atoms with Crippen molar-refractivity contribution in [3.8, 4) is 0 Å². The molecule has 4 bridgehead atoms. The monoisotopic (exact) mass is 969 g/mol. The van der Waals surface area contributed by atoms with Gasteiger partial charge in [-0.25, -0.2) is 0 Å². The first-order chi connectivity index (χ1) is 35.3. The van der Waals surface area contributed by atoms with Crippen molar-refractivity contribution >= 4 is 87.8 Å². The minimum absolute atomic E-state index is 0.0507. The average molecular weight is 969 g/mol. The first kappa shape index (κ1) is 44.9. The highest BCUT2D eigenvalue weighted by Crippen LogP contribution is 2.60. The van der Waals surface area contributed by atoms with Gasteiger partial charge >= 0.3 is 0 Å². The summed E-state index contributed by atoms with van der Waals surface area (Å²) >= 11 is 0. The molecule has 0 spiro atoms. The van der Waals surface area contributed by atoms with E-state index in [2.05, 4.69) is 199 Å². The maximum absolute atomic E-state index is 15.3. The zero-order valence-electron chi connectivity index (χ0n) is 45.1. The first-order valence-electron chi connectivity index (χ1n) is 28.1. The fraction of sp³-hybridized carbons (Fsp3) is 0.371.